The van der Waals surface area contributed by atoms with Crippen LogP contribution in [0.1, 0.15) is 89.9 Å². The Morgan fingerprint density at radius 3 is 2.58 bits per heavy atom. The molecule has 6 bridgehead atoms. The third-order valence-corrected chi connectivity index (χ3v) is 14.9. The van der Waals surface area contributed by atoms with Gasteiger partial charge in [0.05, 0.1) is 46.9 Å². The number of carbonyl (C=O) groups excluding carboxylic acids is 5. The Morgan fingerprint density at radius 2 is 1.90 bits per heavy atom. The lowest BCUT2D eigenvalue weighted by Gasteiger charge is -2.45. The molecular formula is C49H68N10O7S. The van der Waals surface area contributed by atoms with Gasteiger partial charge in [-0.1, -0.05) is 33.8 Å². The van der Waals surface area contributed by atoms with E-state index in [1.165, 1.54) is 21.2 Å². The number of amides is 5. The molecule has 8 rings (SSSR count). The number of likely N-dealkylation sites (N-methyl/N-ethyl adjacent to an activating group) is 2. The minimum absolute atomic E-state index is 0.00543. The zero-order valence-corrected chi connectivity index (χ0v) is 41.3. The SMILES string of the molecule is CCn1c(C2=C([C@H](C)OC)N=CCC2)c2c3cc(ccc31)-c1csc(n1)C[C@H](NC(=O)[C@H](C(C)C)N(C)C(=O)N1CC[C@H]1CN(C)C(=O)[C@@H]1CN1)C(=O)N1CCC[C@H](N1)C(=O)OCC(C)(C)C2. The van der Waals surface area contributed by atoms with E-state index in [4.69, 9.17) is 19.5 Å². The van der Waals surface area contributed by atoms with Crippen molar-refractivity contribution in [2.45, 2.75) is 129 Å². The largest absolute Gasteiger partial charge is 0.464 e. The number of cyclic esters (lactones) is 1. The number of methoxy groups -OCH3 is 1. The van der Waals surface area contributed by atoms with Gasteiger partial charge in [-0.05, 0) is 76.0 Å². The quantitative estimate of drug-likeness (QED) is 0.181. The zero-order chi connectivity index (χ0) is 47.9. The third-order valence-electron chi connectivity index (χ3n) is 14.0. The molecule has 2 aromatic heterocycles. The van der Waals surface area contributed by atoms with Crippen LogP contribution in [0.15, 0.2) is 34.3 Å². The van der Waals surface area contributed by atoms with Crippen LogP contribution in [-0.2, 0) is 48.0 Å². The van der Waals surface area contributed by atoms with Gasteiger partial charge in [0, 0.05) is 99.4 Å². The number of likely N-dealkylation sites (tertiary alicyclic amines) is 1. The van der Waals surface area contributed by atoms with Crippen molar-refractivity contribution in [1.82, 2.24) is 45.3 Å². The van der Waals surface area contributed by atoms with E-state index in [0.29, 0.717) is 50.4 Å². The number of allylic oxidation sites excluding steroid dienone is 1. The Morgan fingerprint density at radius 1 is 1.12 bits per heavy atom. The highest BCUT2D eigenvalue weighted by atomic mass is 32.1. The Bertz CT molecular complexity index is 2450. The summed E-state index contributed by atoms with van der Waals surface area (Å²) in [7, 11) is 5.08. The van der Waals surface area contributed by atoms with Crippen LogP contribution < -0.4 is 16.1 Å². The van der Waals surface area contributed by atoms with E-state index in [0.717, 1.165) is 70.5 Å². The number of benzene rings is 1. The maximum Gasteiger partial charge on any atom is 0.324 e. The summed E-state index contributed by atoms with van der Waals surface area (Å²) >= 11 is 1.42. The number of hydrazine groups is 1. The normalized spacial score (nSPS) is 23.9. The number of ether oxygens (including phenoxy) is 2. The van der Waals surface area contributed by atoms with Crippen molar-refractivity contribution in [2.75, 3.05) is 54.0 Å². The van der Waals surface area contributed by atoms with Gasteiger partial charge in [-0.2, -0.15) is 0 Å². The van der Waals surface area contributed by atoms with Crippen molar-refractivity contribution in [3.8, 4) is 11.3 Å². The highest BCUT2D eigenvalue weighted by Crippen LogP contribution is 2.42. The summed E-state index contributed by atoms with van der Waals surface area (Å²) in [6.45, 7) is 14.9. The molecule has 0 radical (unpaired) electrons. The van der Waals surface area contributed by atoms with Gasteiger partial charge >= 0.3 is 12.0 Å². The Kier molecular flexibility index (Phi) is 14.3. The molecule has 6 atom stereocenters. The van der Waals surface area contributed by atoms with Crippen LogP contribution >= 0.6 is 11.3 Å². The molecule has 0 unspecified atom stereocenters. The number of aliphatic imine (C=N–C) groups is 1. The van der Waals surface area contributed by atoms with Gasteiger partial charge in [-0.3, -0.25) is 29.2 Å². The molecule has 3 saturated heterocycles. The zero-order valence-electron chi connectivity index (χ0n) is 40.5. The highest BCUT2D eigenvalue weighted by molar-refractivity contribution is 7.10. The topological polar surface area (TPSA) is 193 Å². The molecule has 5 aliphatic heterocycles. The number of nitrogens with one attached hydrogen (secondary N) is 3. The monoisotopic (exact) mass is 940 g/mol. The fourth-order valence-electron chi connectivity index (χ4n) is 10.1. The minimum atomic E-state index is -1.07. The average molecular weight is 941 g/mol. The average Bonchev–Trinajstić information content (AvgIpc) is 3.98. The molecule has 7 heterocycles. The molecule has 3 fully saturated rings. The Hall–Kier alpha value is -5.17. The van der Waals surface area contributed by atoms with E-state index in [-0.39, 0.29) is 49.1 Å². The lowest BCUT2D eigenvalue weighted by Crippen LogP contribution is -2.64. The number of urea groups is 1. The number of fused-ring (bicyclic) bond motifs is 6. The first-order chi connectivity index (χ1) is 32.0. The first-order valence-corrected chi connectivity index (χ1v) is 24.8. The molecule has 17 nitrogen and oxygen atoms in total. The summed E-state index contributed by atoms with van der Waals surface area (Å²) < 4.78 is 14.3. The van der Waals surface area contributed by atoms with Gasteiger partial charge in [-0.25, -0.2) is 15.2 Å². The number of thiazole rings is 1. The molecule has 362 valence electrons. The molecule has 18 heteroatoms. The summed E-state index contributed by atoms with van der Waals surface area (Å²) in [6.07, 6.45) is 5.87. The number of carbonyl (C=O) groups is 5. The predicted octanol–water partition coefficient (Wildman–Crippen LogP) is 4.62. The van der Waals surface area contributed by atoms with Gasteiger partial charge in [0.15, 0.2) is 0 Å². The number of aromatic nitrogens is 2. The molecule has 5 aliphatic rings. The molecule has 67 heavy (non-hydrogen) atoms. The molecule has 0 aliphatic carbocycles. The van der Waals surface area contributed by atoms with Gasteiger partial charge in [0.2, 0.25) is 11.8 Å². The van der Waals surface area contributed by atoms with Crippen molar-refractivity contribution < 1.29 is 33.4 Å². The van der Waals surface area contributed by atoms with Gasteiger partial charge in [0.1, 0.15) is 18.1 Å². The minimum Gasteiger partial charge on any atom is -0.464 e. The third kappa shape index (κ3) is 10.0. The van der Waals surface area contributed by atoms with Crippen molar-refractivity contribution in [3.63, 3.8) is 0 Å². The molecule has 0 spiro atoms. The van der Waals surface area contributed by atoms with Crippen molar-refractivity contribution in [3.05, 3.63) is 45.5 Å². The first-order valence-electron chi connectivity index (χ1n) is 23.9. The Balaban J connectivity index is 1.12. The lowest BCUT2D eigenvalue weighted by atomic mass is 9.83. The smallest absolute Gasteiger partial charge is 0.324 e. The maximum atomic E-state index is 14.7. The van der Waals surface area contributed by atoms with E-state index in [9.17, 15) is 24.0 Å². The molecule has 0 saturated carbocycles. The second kappa shape index (κ2) is 19.8. The number of nitrogens with zero attached hydrogens (tertiary/aromatic N) is 7. The number of rotatable bonds is 11. The lowest BCUT2D eigenvalue weighted by molar-refractivity contribution is -0.155. The van der Waals surface area contributed by atoms with Gasteiger partial charge in [-0.15, -0.1) is 11.3 Å². The summed E-state index contributed by atoms with van der Waals surface area (Å²) in [4.78, 5) is 84.7. The van der Waals surface area contributed by atoms with Gasteiger partial charge < -0.3 is 39.4 Å². The second-order valence-electron chi connectivity index (χ2n) is 19.9. The van der Waals surface area contributed by atoms with E-state index in [2.05, 4.69) is 59.6 Å². The van der Waals surface area contributed by atoms with Crippen LogP contribution in [0.25, 0.3) is 27.7 Å². The van der Waals surface area contributed by atoms with Crippen LogP contribution in [0.3, 0.4) is 0 Å². The number of hydrogen-bond donors (Lipinski definition) is 3. The van der Waals surface area contributed by atoms with Crippen molar-refractivity contribution >= 4 is 63.7 Å². The number of aryl methyl sites for hydroxylation is 1. The summed E-state index contributed by atoms with van der Waals surface area (Å²) in [5, 5.41) is 11.2. The van der Waals surface area contributed by atoms with Crippen LogP contribution in [0.2, 0.25) is 0 Å². The fourth-order valence-corrected chi connectivity index (χ4v) is 11.0. The van der Waals surface area contributed by atoms with Gasteiger partial charge in [0.25, 0.3) is 5.91 Å². The molecule has 1 aromatic carbocycles. The molecular weight excluding hydrogens is 873 g/mol. The predicted molar refractivity (Wildman–Crippen MR) is 258 cm³/mol. The fraction of sp³-hybridized carbons (Fsp3) is 0.612. The number of hydrogen-bond acceptors (Lipinski definition) is 12. The van der Waals surface area contributed by atoms with Crippen molar-refractivity contribution in [2.24, 2.45) is 16.3 Å². The Labute approximate surface area is 397 Å². The second-order valence-corrected chi connectivity index (χ2v) is 20.9. The molecule has 3 N–H and O–H groups in total. The van der Waals surface area contributed by atoms with Crippen LogP contribution in [-0.4, -0.2) is 156 Å². The first kappa shape index (κ1) is 48.3. The van der Waals surface area contributed by atoms with Crippen molar-refractivity contribution in [1.29, 1.82) is 0 Å². The molecule has 3 aromatic rings. The molecule has 5 amide bonds. The van der Waals surface area contributed by atoms with E-state index < -0.39 is 41.3 Å². The summed E-state index contributed by atoms with van der Waals surface area (Å²) in [5.74, 6) is -1.63. The van der Waals surface area contributed by atoms with Crippen LogP contribution in [0.4, 0.5) is 4.79 Å². The summed E-state index contributed by atoms with van der Waals surface area (Å²) in [5.41, 5.74) is 9.78. The van der Waals surface area contributed by atoms with Crippen LogP contribution in [0.5, 0.6) is 0 Å². The number of esters is 1. The standard InChI is InChI=1S/C49H68N10O7S/c1-10-57-39-16-15-30-21-33(39)34(43(57)32-13-11-18-50-41(32)29(4)65-9)23-49(5,6)27-66-47(63)35-14-12-19-59(54-35)46(62)36(22-40-52-38(30)26-67-40)53-44(60)42(28(2)3)56(8)48(64)58-20-17-31(58)25-55(7)45(61)37-24-51-37/h15-16,18,21,26,28-29,31,35-37,42,51,54H,10-14,17,19-20,22-25,27H2,1-9H3,(H,53,60)/t29-,31-,35-,36-,37-,42-/m0/s1. The van der Waals surface area contributed by atoms with E-state index in [1.54, 1.807) is 31.0 Å². The highest BCUT2D eigenvalue weighted by Gasteiger charge is 2.42. The van der Waals surface area contributed by atoms with E-state index >= 15 is 0 Å². The maximum absolute atomic E-state index is 14.7. The summed E-state index contributed by atoms with van der Waals surface area (Å²) in [6, 6.07) is 3.04. The van der Waals surface area contributed by atoms with Crippen LogP contribution in [0, 0.1) is 11.3 Å². The van der Waals surface area contributed by atoms with E-state index in [1.807, 2.05) is 32.4 Å².